The van der Waals surface area contributed by atoms with E-state index in [1.54, 1.807) is 201 Å². The van der Waals surface area contributed by atoms with Crippen LogP contribution in [0.25, 0.3) is 21.1 Å². The minimum absolute atomic E-state index is 0.956. The predicted molar refractivity (Wildman–Crippen MR) is 401 cm³/mol. The topological polar surface area (TPSA) is 376 Å². The molecule has 0 amide bonds. The van der Waals surface area contributed by atoms with Gasteiger partial charge >= 0.3 is 0 Å². The first kappa shape index (κ1) is 83.3. The summed E-state index contributed by atoms with van der Waals surface area (Å²) in [5.74, 6) is 0. The summed E-state index contributed by atoms with van der Waals surface area (Å²) < 4.78 is 23.6. The molecule has 5 N–H and O–H groups in total. The van der Waals surface area contributed by atoms with Crippen molar-refractivity contribution in [2.45, 2.75) is 0 Å². The maximum absolute atomic E-state index is 5.12. The zero-order valence-electron chi connectivity index (χ0n) is 54.9. The number of oxazole rings is 1. The number of furan rings is 2. The summed E-state index contributed by atoms with van der Waals surface area (Å²) in [5.41, 5.74) is 2.75. The fourth-order valence-corrected chi connectivity index (χ4v) is 7.29. The van der Waals surface area contributed by atoms with Gasteiger partial charge in [0.1, 0.15) is 56.1 Å². The zero-order chi connectivity index (χ0) is 72.3. The standard InChI is InChI=1S/C8H6O.C8H6S.2C5H5N.2C4H4N2.C4H5N.C4H4O.C4H4S.C3H3N3.2C3H4N2.2C3H3NO.2C3H3NS.2C2H3N3/c2*1-2-4-8-7(3-1)5-6-9-8;2*1-2-4-6-5-3-1;1-2-6-4-3-5-1;1-2-5-4-6-3-1;3*1-2-4-5-3-1;1-4-2-6-3-5-1;1-2-5-3-4-1;1-2-4-5-3-1;1-2-5-3-4-1;1-2-4-5-3-1;1-2-5-3-4-1;1-2-4-5-3-1;1-3-2-5-4-1;1-2-4-5-3-1/h2*1-6H;2*1-5H;2*1-4H;1-5H;2*1-4H;1-3H;2*1-3H,(H,4,5);4*1-3H;2*1-2H,(H,3,4,5). The van der Waals surface area contributed by atoms with Crippen LogP contribution in [0, 0.1) is 0 Å². The van der Waals surface area contributed by atoms with Crippen LogP contribution in [0.5, 0.6) is 0 Å². The molecule has 18 aromatic heterocycles. The van der Waals surface area contributed by atoms with Gasteiger partial charge in [-0.25, -0.2) is 44.2 Å². The number of nitrogens with one attached hydrogen (secondary N) is 5. The van der Waals surface area contributed by atoms with Crippen LogP contribution in [-0.2, 0) is 0 Å². The Kier molecular flexibility index (Phi) is 57.3. The van der Waals surface area contributed by atoms with Crippen LogP contribution in [0.15, 0.2) is 426 Å². The van der Waals surface area contributed by atoms with E-state index in [0.717, 1.165) is 11.0 Å². The van der Waals surface area contributed by atoms with Gasteiger partial charge in [0.05, 0.1) is 55.4 Å². The van der Waals surface area contributed by atoms with Crippen LogP contribution >= 0.6 is 45.5 Å². The first-order valence-corrected chi connectivity index (χ1v) is 33.3. The van der Waals surface area contributed by atoms with Gasteiger partial charge in [0.15, 0.2) is 6.39 Å². The fourth-order valence-electron chi connectivity index (χ4n) is 5.35. The van der Waals surface area contributed by atoms with E-state index in [0.29, 0.717) is 0 Å². The van der Waals surface area contributed by atoms with E-state index >= 15 is 0 Å². The number of rotatable bonds is 0. The lowest BCUT2D eigenvalue weighted by Crippen LogP contribution is -1.73. The number of nitrogens with zero attached hydrogens (tertiary/aromatic N) is 19. The molecule has 0 radical (unpaired) electrons. The summed E-state index contributed by atoms with van der Waals surface area (Å²) in [5, 5.41) is 37.4. The SMILES string of the molecule is c1c[nH]cn1.c1cc[nH]c1.c1ccc2occc2c1.c1ccc2sccc2c1.c1ccncc1.c1ccncc1.c1ccoc1.c1ccsc1.c1cn[nH]c1.c1cn[nH]n1.c1cnccn1.c1cncnc1.c1cnoc1.c1cnsc1.c1cocn1.c1cscn1.c1nc[nH]n1.c1ncncn1. The number of aromatic nitrogens is 24. The molecule has 2 aromatic carbocycles. The monoisotopic (exact) mass is 1450 g/mol. The second kappa shape index (κ2) is 70.8. The zero-order valence-corrected chi connectivity index (χ0v) is 58.2. The molecule has 0 saturated carbocycles. The van der Waals surface area contributed by atoms with E-state index in [1.165, 1.54) is 78.5 Å². The average Bonchev–Trinajstić information content (AvgIpc) is 1.77. The summed E-state index contributed by atoms with van der Waals surface area (Å²) in [4.78, 5) is 53.2. The number of pyridine rings is 2. The summed E-state index contributed by atoms with van der Waals surface area (Å²) >= 11 is 6.57. The normalized spacial score (nSPS) is 8.39. The van der Waals surface area contributed by atoms with E-state index in [4.69, 9.17) is 4.42 Å². The summed E-state index contributed by atoms with van der Waals surface area (Å²) in [6, 6.07) is 50.7. The third-order valence-corrected chi connectivity index (χ3v) is 12.0. The number of H-pyrrole nitrogens is 5. The van der Waals surface area contributed by atoms with Crippen molar-refractivity contribution in [3.05, 3.63) is 408 Å². The van der Waals surface area contributed by atoms with Crippen molar-refractivity contribution in [1.82, 2.24) is 120 Å². The molecule has 524 valence electrons. The Morgan fingerprint density at radius 1 is 0.311 bits per heavy atom. The van der Waals surface area contributed by atoms with Crippen LogP contribution in [0.1, 0.15) is 0 Å². The van der Waals surface area contributed by atoms with E-state index < -0.39 is 0 Å². The molecule has 18 heterocycles. The average molecular weight is 1450 g/mol. The molecule has 0 bridgehead atoms. The number of benzene rings is 2. The van der Waals surface area contributed by atoms with Crippen molar-refractivity contribution in [3.63, 3.8) is 0 Å². The van der Waals surface area contributed by atoms with Crippen molar-refractivity contribution in [3.8, 4) is 0 Å². The predicted octanol–water partition coefficient (Wildman–Crippen LogP) is 16.4. The number of imidazole rings is 1. The van der Waals surface area contributed by atoms with E-state index in [2.05, 4.69) is 169 Å². The highest BCUT2D eigenvalue weighted by atomic mass is 32.1. The molecule has 0 aliphatic heterocycles. The highest BCUT2D eigenvalue weighted by Gasteiger charge is 1.90. The van der Waals surface area contributed by atoms with Crippen molar-refractivity contribution in [2.75, 3.05) is 0 Å². The number of hydrogen-bond donors (Lipinski definition) is 5. The first-order valence-electron chi connectivity index (χ1n) is 29.7. The number of thiophene rings is 2. The minimum atomic E-state index is 0.956. The van der Waals surface area contributed by atoms with Gasteiger partial charge in [0, 0.05) is 132 Å². The molecule has 32 heteroatoms. The van der Waals surface area contributed by atoms with Crippen LogP contribution in [0.3, 0.4) is 0 Å². The van der Waals surface area contributed by atoms with Crippen LogP contribution in [-0.4, -0.2) is 120 Å². The van der Waals surface area contributed by atoms with E-state index in [1.807, 2.05) is 149 Å². The van der Waals surface area contributed by atoms with Crippen LogP contribution < -0.4 is 0 Å². The van der Waals surface area contributed by atoms with Gasteiger partial charge in [-0.15, -0.1) is 22.7 Å². The molecule has 20 aromatic rings. The molecule has 103 heavy (non-hydrogen) atoms. The van der Waals surface area contributed by atoms with Crippen molar-refractivity contribution >= 4 is 66.6 Å². The lowest BCUT2D eigenvalue weighted by Gasteiger charge is -1.82. The maximum atomic E-state index is 5.12. The minimum Gasteiger partial charge on any atom is -0.473 e. The molecule has 0 fully saturated rings. The van der Waals surface area contributed by atoms with Crippen molar-refractivity contribution < 1.29 is 17.8 Å². The van der Waals surface area contributed by atoms with Gasteiger partial charge in [0.25, 0.3) is 0 Å². The van der Waals surface area contributed by atoms with Gasteiger partial charge < -0.3 is 27.7 Å². The van der Waals surface area contributed by atoms with Gasteiger partial charge in [-0.05, 0) is 130 Å². The highest BCUT2D eigenvalue weighted by Crippen LogP contribution is 2.19. The third kappa shape index (κ3) is 59.1. The largest absolute Gasteiger partial charge is 0.473 e. The molecule has 0 spiro atoms. The second-order valence-corrected chi connectivity index (χ2v) is 19.8. The highest BCUT2D eigenvalue weighted by molar-refractivity contribution is 7.17. The number of aromatic amines is 5. The Balaban J connectivity index is 0.000000284. The third-order valence-electron chi connectivity index (χ3n) is 9.42. The molecule has 0 unspecified atom stereocenters. The summed E-state index contributed by atoms with van der Waals surface area (Å²) in [7, 11) is 0. The maximum Gasteiger partial charge on any atom is 0.180 e. The summed E-state index contributed by atoms with van der Waals surface area (Å²) in [6.07, 6.45) is 57.2. The second-order valence-electron chi connectivity index (χ2n) is 16.6. The number of thiazole rings is 1. The molecule has 0 saturated heterocycles. The molecule has 20 rings (SSSR count). The molecule has 0 aliphatic rings. The number of hydrogen-bond acceptors (Lipinski definition) is 27. The Morgan fingerprint density at radius 2 is 0.990 bits per heavy atom. The molecule has 28 nitrogen and oxygen atoms in total. The van der Waals surface area contributed by atoms with Crippen LogP contribution in [0.2, 0.25) is 0 Å². The number of fused-ring (bicyclic) bond motifs is 2. The van der Waals surface area contributed by atoms with Gasteiger partial charge in [-0.3, -0.25) is 35.1 Å². The lowest BCUT2D eigenvalue weighted by molar-refractivity contribution is 0.420. The van der Waals surface area contributed by atoms with Gasteiger partial charge in [0.2, 0.25) is 0 Å². The van der Waals surface area contributed by atoms with Crippen molar-refractivity contribution in [1.29, 1.82) is 0 Å². The molecule has 0 atom stereocenters. The summed E-state index contributed by atoms with van der Waals surface area (Å²) in [6.45, 7) is 0. The Bertz CT molecular complexity index is 3270. The van der Waals surface area contributed by atoms with E-state index in [9.17, 15) is 0 Å². The van der Waals surface area contributed by atoms with E-state index in [-0.39, 0.29) is 0 Å². The van der Waals surface area contributed by atoms with Gasteiger partial charge in [-0.2, -0.15) is 36.9 Å². The van der Waals surface area contributed by atoms with Gasteiger partial charge in [-0.1, -0.05) is 65.8 Å². The lowest BCUT2D eigenvalue weighted by atomic mass is 10.3. The Labute approximate surface area is 609 Å². The quantitative estimate of drug-likeness (QED) is 0.0941. The molecular formula is C71H72N24O4S4. The fraction of sp³-hybridized carbons (Fsp3) is 0. The Hall–Kier alpha value is -14.0. The molecular weight excluding hydrogens is 1380 g/mol. The molecule has 0 aliphatic carbocycles. The van der Waals surface area contributed by atoms with Crippen molar-refractivity contribution in [2.24, 2.45) is 0 Å². The van der Waals surface area contributed by atoms with Crippen LogP contribution in [0.4, 0.5) is 0 Å². The Morgan fingerprint density at radius 3 is 1.28 bits per heavy atom. The first-order chi connectivity index (χ1) is 51.4. The smallest absolute Gasteiger partial charge is 0.180 e. The number of para-hydroxylation sites is 1.